The number of benzene rings is 6. The van der Waals surface area contributed by atoms with Crippen molar-refractivity contribution < 1.29 is 128 Å². The summed E-state index contributed by atoms with van der Waals surface area (Å²) in [6, 6.07) is 24.8. The Morgan fingerprint density at radius 3 is 1.04 bits per heavy atom. The Labute approximate surface area is 862 Å². The van der Waals surface area contributed by atoms with Crippen LogP contribution in [-0.2, 0) is 118 Å². The topological polar surface area (TPSA) is 474 Å². The monoisotopic (exact) mass is 2130 g/mol. The first-order valence-electron chi connectivity index (χ1n) is 45.8. The Morgan fingerprint density at radius 2 is 0.741 bits per heavy atom. The molecule has 3 aliphatic rings. The molecule has 0 radical (unpaired) electrons. The van der Waals surface area contributed by atoms with Gasteiger partial charge in [0.05, 0.1) is 50.6 Å². The van der Waals surface area contributed by atoms with Crippen molar-refractivity contribution in [1.29, 1.82) is 0 Å². The van der Waals surface area contributed by atoms with Crippen molar-refractivity contribution in [2.24, 2.45) is 23.5 Å². The highest BCUT2D eigenvalue weighted by Crippen LogP contribution is 2.38. The Balaban J connectivity index is 0.000000566. The number of nitrogen functional groups attached to an aromatic ring is 1. The van der Waals surface area contributed by atoms with Crippen LogP contribution in [0.3, 0.4) is 0 Å². The van der Waals surface area contributed by atoms with Crippen LogP contribution in [0.5, 0.6) is 5.75 Å². The lowest BCUT2D eigenvalue weighted by Gasteiger charge is -2.30. The lowest BCUT2D eigenvalue weighted by atomic mass is 9.85. The number of carboxylic acid groups (broad SMARTS) is 2. The molecule has 6 amide bonds. The molecule has 0 aromatic heterocycles. The third kappa shape index (κ3) is 45.9. The number of anilines is 5. The normalized spacial score (nSPS) is 13.8. The Hall–Kier alpha value is -11.0. The predicted octanol–water partition coefficient (Wildman–Crippen LogP) is 18.2. The van der Waals surface area contributed by atoms with Gasteiger partial charge < -0.3 is 91.6 Å². The van der Waals surface area contributed by atoms with Crippen molar-refractivity contribution in [3.8, 4) is 5.75 Å². The van der Waals surface area contributed by atoms with E-state index >= 15 is 0 Å². The second-order valence-corrected chi connectivity index (χ2v) is 41.2. The molecule has 3 heterocycles. The molecule has 6 aromatic carbocycles. The van der Waals surface area contributed by atoms with Gasteiger partial charge in [-0.3, -0.25) is 52.7 Å². The average molecular weight is 2130 g/mol. The number of aliphatic hydroxyl groups is 1. The summed E-state index contributed by atoms with van der Waals surface area (Å²) in [7, 11) is 0. The fourth-order valence-electron chi connectivity index (χ4n) is 13.4. The highest BCUT2D eigenvalue weighted by Gasteiger charge is 2.36. The van der Waals surface area contributed by atoms with Crippen LogP contribution in [0.2, 0.25) is 25.1 Å². The number of amides is 6. The summed E-state index contributed by atoms with van der Waals surface area (Å²) in [4.78, 5) is 162. The number of esters is 5. The molecule has 792 valence electrons. The fraction of sp³-hybridized carbons (Fsp3) is 0.505. The molecule has 32 nitrogen and oxygen atoms in total. The molecule has 2 atom stereocenters. The van der Waals surface area contributed by atoms with Gasteiger partial charge in [-0.15, -0.1) is 0 Å². The van der Waals surface area contributed by atoms with Crippen molar-refractivity contribution in [1.82, 2.24) is 15.1 Å². The quantitative estimate of drug-likeness (QED) is 0.00726. The van der Waals surface area contributed by atoms with Gasteiger partial charge in [0.15, 0.2) is 17.4 Å². The van der Waals surface area contributed by atoms with Crippen LogP contribution in [0.15, 0.2) is 97.1 Å². The van der Waals surface area contributed by atoms with Gasteiger partial charge in [-0.25, -0.2) is 23.2 Å². The van der Waals surface area contributed by atoms with Gasteiger partial charge in [0.2, 0.25) is 11.6 Å². The van der Waals surface area contributed by atoms with Gasteiger partial charge in [-0.05, 0) is 258 Å². The summed E-state index contributed by atoms with van der Waals surface area (Å²) in [5, 5.41) is 42.7. The maximum atomic E-state index is 13.4. The van der Waals surface area contributed by atoms with Gasteiger partial charge >= 0.3 is 82.5 Å². The van der Waals surface area contributed by atoms with Crippen molar-refractivity contribution in [3.05, 3.63) is 173 Å². The second kappa shape index (κ2) is 59.5. The van der Waals surface area contributed by atoms with Crippen molar-refractivity contribution in [2.75, 3.05) is 99.3 Å². The van der Waals surface area contributed by atoms with E-state index in [9.17, 15) is 89.8 Å². The number of piperidine rings is 3. The number of aliphatic carboxylic acids is 2. The zero-order chi connectivity index (χ0) is 109. The number of hydrogen-bond acceptors (Lipinski definition) is 24. The maximum absolute atomic E-state index is 13.4. The number of halogens is 10. The van der Waals surface area contributed by atoms with Crippen molar-refractivity contribution in [3.63, 3.8) is 0 Å². The molecule has 12 N–H and O–H groups in total. The molecule has 143 heavy (non-hydrogen) atoms. The molecule has 1 unspecified atom stereocenters. The van der Waals surface area contributed by atoms with E-state index in [2.05, 4.69) is 61.6 Å². The van der Waals surface area contributed by atoms with Crippen LogP contribution in [-0.4, -0.2) is 198 Å². The van der Waals surface area contributed by atoms with Gasteiger partial charge in [0.25, 0.3) is 0 Å². The largest absolute Gasteiger partial charge is 0.485 e. The average Bonchev–Trinajstić information content (AvgIpc) is 0.801. The minimum Gasteiger partial charge on any atom is -0.485 e. The first-order valence-corrected chi connectivity index (χ1v) is 48.0. The first kappa shape index (κ1) is 128. The molecular weight excluding hydrogens is 2000 g/mol. The molecular formula is C101H135Cl6F4N9O23. The van der Waals surface area contributed by atoms with E-state index in [0.29, 0.717) is 94.8 Å². The molecule has 0 saturated carbocycles. The van der Waals surface area contributed by atoms with Crippen LogP contribution in [0.4, 0.5) is 46.0 Å². The van der Waals surface area contributed by atoms with Crippen LogP contribution in [0, 0.1) is 41.0 Å². The molecule has 3 saturated heterocycles. The number of likely N-dealkylation sites (tertiary alicyclic amines) is 2. The third-order valence-electron chi connectivity index (χ3n) is 20.7. The van der Waals surface area contributed by atoms with Gasteiger partial charge in [0, 0.05) is 91.8 Å². The predicted molar refractivity (Wildman–Crippen MR) is 543 cm³/mol. The van der Waals surface area contributed by atoms with E-state index in [1.807, 2.05) is 108 Å². The molecule has 42 heteroatoms. The van der Waals surface area contributed by atoms with E-state index < -0.39 is 130 Å². The molecule has 0 spiro atoms. The van der Waals surface area contributed by atoms with E-state index in [1.165, 1.54) is 9.80 Å². The van der Waals surface area contributed by atoms with Crippen LogP contribution < -0.4 is 42.8 Å². The summed E-state index contributed by atoms with van der Waals surface area (Å²) in [6.45, 7) is 45.6. The zero-order valence-corrected chi connectivity index (χ0v) is 89.2. The zero-order valence-electron chi connectivity index (χ0n) is 84.7. The SMILES string of the molecule is CC(C)(C)OC(=O)C[C@H](N)C(O)COc1c(F)c(F)cc(F)c1F.CC(C)(C)c1cc(Cl)ccc1N.CC(C)(C)c1cc(Cl)ccc1NC(=O)C(=O)N1CCC(C(=O)O)CC1.CC(C)(C)c1cc(Cl)ccc1NC(=O)C(=O)O.CCOC(=O)C(=O)Cl.CCOC(=O)C(=O)Nc1ccc(Cl)cc1C(C)(C)C.CCOC(=O)C1CCN(C(=O)C(=O)Nc2ccc(Cl)cc2C(C)(C)C)CC1.CCOC(=O)C1CCNCC1. The number of carboxylic acids is 2. The number of aliphatic hydroxyl groups excluding tert-OH is 1. The number of nitrogens with zero attached hydrogens (tertiary/aromatic N) is 2. The van der Waals surface area contributed by atoms with E-state index in [0.717, 1.165) is 64.5 Å². The second-order valence-electron chi connectivity index (χ2n) is 38.7. The number of nitrogens with one attached hydrogen (secondary N) is 5. The van der Waals surface area contributed by atoms with E-state index in [-0.39, 0.29) is 89.6 Å². The van der Waals surface area contributed by atoms with Crippen LogP contribution in [0.25, 0.3) is 0 Å². The highest BCUT2D eigenvalue weighted by molar-refractivity contribution is 6.80. The Kier molecular flexibility index (Phi) is 53.3. The number of ether oxygens (including phenoxy) is 6. The number of carbonyl (C=O) groups excluding carboxylic acids is 12. The summed E-state index contributed by atoms with van der Waals surface area (Å²) >= 11 is 34.5. The standard InChI is InChI=1S/C20H27ClN2O4.C18H23ClN2O4.C15H19F4NO4.C14H18ClNO3.C12H14ClNO3.C10H14ClN.C8H15NO2.C4H5ClO3/c1-5-27-19(26)13-8-10-23(11-9-13)18(25)17(24)22-16-7-6-14(21)12-15(16)20(2,3)4;1-18(2,3)13-10-12(19)4-5-14(13)20-15(22)16(23)21-8-6-11(7-9-21)17(24)25;1-15(2,3)24-11(22)5-9(20)10(21)6-23-14-12(18)7(16)4-8(17)13(14)19;1-5-19-13(18)12(17)16-11-7-6-9(15)8-10(11)14(2,3)4;1-12(2,3)8-6-7(13)4-5-9(8)14-10(15)11(16)17;1-10(2,3)8-6-7(11)4-5-9(8)12;1-2-11-8(10)7-3-5-9-6-4-7;1-2-8-4(7)3(5)6/h6-7,12-13H,5,8-11H2,1-4H3,(H,22,24);4-5,10-11H,6-9H2,1-3H3,(H,20,22)(H,24,25);4,9-10,21H,5-6,20H2,1-3H3;6-8H,5H2,1-4H3,(H,16,17);4-6H,1-3H3,(H,14,15)(H,16,17);4-6H,12H2,1-3H3;7,9H,2-6H2,1H3;2H2,1H3/t;;9-,10?;;;;;/m..0...../s1. The van der Waals surface area contributed by atoms with Crippen molar-refractivity contribution >= 4 is 181 Å². The molecule has 3 aliphatic heterocycles. The third-order valence-corrected chi connectivity index (χ3v) is 22.1. The smallest absolute Gasteiger partial charge is 0.397 e. The summed E-state index contributed by atoms with van der Waals surface area (Å²) in [5.41, 5.74) is 17.2. The minimum atomic E-state index is -1.73. The van der Waals surface area contributed by atoms with E-state index in [1.54, 1.807) is 114 Å². The fourth-order valence-corrected chi connectivity index (χ4v) is 14.4. The Morgan fingerprint density at radius 1 is 0.434 bits per heavy atom. The van der Waals surface area contributed by atoms with Gasteiger partial charge in [-0.2, -0.15) is 8.78 Å². The Bertz CT molecular complexity index is 5340. The number of nitrogens with two attached hydrogens (primary N) is 2. The summed E-state index contributed by atoms with van der Waals surface area (Å²) in [6.07, 6.45) is 1.69. The number of hydrogen-bond donors (Lipinski definition) is 10. The number of carbonyl (C=O) groups is 14. The molecule has 6 aromatic rings. The highest BCUT2D eigenvalue weighted by atomic mass is 35.5. The van der Waals surface area contributed by atoms with Crippen LogP contribution >= 0.6 is 69.6 Å². The minimum absolute atomic E-state index is 0.0194. The summed E-state index contributed by atoms with van der Waals surface area (Å²) in [5.74, 6) is -18.2. The molecule has 3 fully saturated rings. The maximum Gasteiger partial charge on any atom is 0.397 e. The number of rotatable bonds is 18. The van der Waals surface area contributed by atoms with Crippen LogP contribution in [0.1, 0.15) is 225 Å². The first-order chi connectivity index (χ1) is 66.0. The lowest BCUT2D eigenvalue weighted by molar-refractivity contribution is -0.156. The molecule has 9 rings (SSSR count). The molecule has 0 bridgehead atoms. The molecule has 0 aliphatic carbocycles. The van der Waals surface area contributed by atoms with E-state index in [4.69, 9.17) is 105 Å². The van der Waals surface area contributed by atoms with Gasteiger partial charge in [-0.1, -0.05) is 162 Å². The van der Waals surface area contributed by atoms with Gasteiger partial charge in [0.1, 0.15) is 18.3 Å². The summed E-state index contributed by atoms with van der Waals surface area (Å²) < 4.78 is 81.2. The van der Waals surface area contributed by atoms with Crippen molar-refractivity contribution in [2.45, 2.75) is 242 Å². The lowest BCUT2D eigenvalue weighted by Crippen LogP contribution is -2.45.